The highest BCUT2D eigenvalue weighted by Gasteiger charge is 2.36. The van der Waals surface area contributed by atoms with Crippen molar-refractivity contribution in [2.45, 2.75) is 65.0 Å². The lowest BCUT2D eigenvalue weighted by atomic mass is 9.87. The van der Waals surface area contributed by atoms with E-state index in [9.17, 15) is 14.4 Å². The van der Waals surface area contributed by atoms with Crippen molar-refractivity contribution >= 4 is 34.3 Å². The number of amides is 4. The van der Waals surface area contributed by atoms with Crippen LogP contribution < -0.4 is 10.6 Å². The molecule has 1 saturated carbocycles. The van der Waals surface area contributed by atoms with E-state index in [1.54, 1.807) is 4.90 Å². The van der Waals surface area contributed by atoms with E-state index < -0.39 is 12.1 Å². The molecule has 2 atom stereocenters. The van der Waals surface area contributed by atoms with Gasteiger partial charge >= 0.3 is 6.03 Å². The molecule has 7 nitrogen and oxygen atoms in total. The van der Waals surface area contributed by atoms with E-state index in [0.717, 1.165) is 36.5 Å². The molecule has 2 N–H and O–H groups in total. The fraction of sp³-hybridized carbons (Fsp3) is 0.536. The Morgan fingerprint density at radius 3 is 2.37 bits per heavy atom. The average molecular weight is 479 g/mol. The van der Waals surface area contributed by atoms with Crippen LogP contribution in [-0.4, -0.2) is 59.4 Å². The zero-order valence-corrected chi connectivity index (χ0v) is 21.1. The zero-order valence-electron chi connectivity index (χ0n) is 21.1. The number of fused-ring (bicyclic) bond motifs is 1. The summed E-state index contributed by atoms with van der Waals surface area (Å²) in [4.78, 5) is 43.2. The molecule has 7 heteroatoms. The Balaban J connectivity index is 1.37. The highest BCUT2D eigenvalue weighted by atomic mass is 16.2. The quantitative estimate of drug-likeness (QED) is 0.658. The van der Waals surface area contributed by atoms with E-state index >= 15 is 0 Å². The van der Waals surface area contributed by atoms with Gasteiger partial charge in [0.15, 0.2) is 0 Å². The molecule has 1 saturated heterocycles. The monoisotopic (exact) mass is 478 g/mol. The Kier molecular flexibility index (Phi) is 7.93. The van der Waals surface area contributed by atoms with Crippen molar-refractivity contribution in [2.24, 2.45) is 11.8 Å². The number of benzene rings is 2. The van der Waals surface area contributed by atoms with E-state index in [2.05, 4.69) is 10.6 Å². The first-order valence-corrected chi connectivity index (χ1v) is 13.0. The summed E-state index contributed by atoms with van der Waals surface area (Å²) in [5, 5.41) is 7.81. The Labute approximate surface area is 208 Å². The lowest BCUT2D eigenvalue weighted by Crippen LogP contribution is -2.60. The number of carbonyl (C=O) groups excluding carboxylic acids is 3. The molecule has 2 aliphatic rings. The van der Waals surface area contributed by atoms with Gasteiger partial charge in [0.05, 0.1) is 5.69 Å². The first-order chi connectivity index (χ1) is 16.8. The van der Waals surface area contributed by atoms with E-state index in [4.69, 9.17) is 0 Å². The summed E-state index contributed by atoms with van der Waals surface area (Å²) >= 11 is 0. The summed E-state index contributed by atoms with van der Waals surface area (Å²) in [5.74, 6) is 0.219. The Hall–Kier alpha value is -3.09. The van der Waals surface area contributed by atoms with Crippen LogP contribution in [0.1, 0.15) is 52.9 Å². The maximum atomic E-state index is 13.4. The van der Waals surface area contributed by atoms with Crippen molar-refractivity contribution in [3.63, 3.8) is 0 Å². The number of hydrogen-bond acceptors (Lipinski definition) is 3. The van der Waals surface area contributed by atoms with Crippen LogP contribution in [0.25, 0.3) is 10.8 Å². The number of anilines is 1. The Bertz CT molecular complexity index is 1060. The van der Waals surface area contributed by atoms with Crippen LogP contribution in [0.4, 0.5) is 10.5 Å². The summed E-state index contributed by atoms with van der Waals surface area (Å²) in [6.45, 7) is 7.44. The van der Waals surface area contributed by atoms with Crippen LogP contribution in [0.5, 0.6) is 0 Å². The lowest BCUT2D eigenvalue weighted by Gasteiger charge is -2.43. The fourth-order valence-electron chi connectivity index (χ4n) is 5.41. The highest BCUT2D eigenvalue weighted by Crippen LogP contribution is 2.27. The molecule has 35 heavy (non-hydrogen) atoms. The third-order valence-corrected chi connectivity index (χ3v) is 7.43. The molecule has 188 valence electrons. The van der Waals surface area contributed by atoms with E-state index in [-0.39, 0.29) is 29.7 Å². The third kappa shape index (κ3) is 5.77. The molecule has 1 heterocycles. The number of rotatable bonds is 5. The third-order valence-electron chi connectivity index (χ3n) is 7.43. The van der Waals surface area contributed by atoms with Gasteiger partial charge in [-0.05, 0) is 37.1 Å². The SMILES string of the molecule is CC(C)C(NC(=O)Nc1cccc2ccccc12)C(=O)N1CCN(C(=O)C2CCCCC2)C(C)C1. The molecule has 4 amide bonds. The Morgan fingerprint density at radius 2 is 1.66 bits per heavy atom. The van der Waals surface area contributed by atoms with Crippen molar-refractivity contribution in [3.8, 4) is 0 Å². The number of urea groups is 1. The number of hydrogen-bond donors (Lipinski definition) is 2. The van der Waals surface area contributed by atoms with Gasteiger partial charge in [-0.1, -0.05) is 69.5 Å². The van der Waals surface area contributed by atoms with Crippen LogP contribution in [0.2, 0.25) is 0 Å². The van der Waals surface area contributed by atoms with Gasteiger partial charge in [-0.2, -0.15) is 0 Å². The Morgan fingerprint density at radius 1 is 0.943 bits per heavy atom. The molecular weight excluding hydrogens is 440 g/mol. The van der Waals surface area contributed by atoms with E-state index in [1.165, 1.54) is 6.42 Å². The van der Waals surface area contributed by atoms with Gasteiger partial charge in [-0.25, -0.2) is 4.79 Å². The van der Waals surface area contributed by atoms with Gasteiger partial charge in [0.2, 0.25) is 11.8 Å². The maximum absolute atomic E-state index is 13.4. The maximum Gasteiger partial charge on any atom is 0.319 e. The molecule has 0 spiro atoms. The van der Waals surface area contributed by atoms with Gasteiger partial charge in [0, 0.05) is 37.0 Å². The molecule has 0 radical (unpaired) electrons. The molecule has 2 unspecified atom stereocenters. The molecule has 0 aromatic heterocycles. The topological polar surface area (TPSA) is 81.8 Å². The molecule has 2 aromatic carbocycles. The second kappa shape index (κ2) is 11.1. The van der Waals surface area contributed by atoms with E-state index in [1.807, 2.05) is 68.1 Å². The van der Waals surface area contributed by atoms with Crippen LogP contribution in [0.3, 0.4) is 0 Å². The van der Waals surface area contributed by atoms with Gasteiger partial charge in [0.25, 0.3) is 0 Å². The van der Waals surface area contributed by atoms with Gasteiger partial charge in [-0.3, -0.25) is 9.59 Å². The summed E-state index contributed by atoms with van der Waals surface area (Å²) in [6, 6.07) is 12.6. The van der Waals surface area contributed by atoms with Gasteiger partial charge < -0.3 is 20.4 Å². The minimum Gasteiger partial charge on any atom is -0.337 e. The second-order valence-electron chi connectivity index (χ2n) is 10.3. The summed E-state index contributed by atoms with van der Waals surface area (Å²) in [6.07, 6.45) is 5.45. The van der Waals surface area contributed by atoms with Crippen LogP contribution in [0, 0.1) is 11.8 Å². The van der Waals surface area contributed by atoms with E-state index in [0.29, 0.717) is 25.3 Å². The largest absolute Gasteiger partial charge is 0.337 e. The zero-order chi connectivity index (χ0) is 24.9. The molecule has 2 aromatic rings. The van der Waals surface area contributed by atoms with Crippen molar-refractivity contribution in [2.75, 3.05) is 25.0 Å². The van der Waals surface area contributed by atoms with Crippen molar-refractivity contribution in [1.82, 2.24) is 15.1 Å². The van der Waals surface area contributed by atoms with Crippen molar-refractivity contribution < 1.29 is 14.4 Å². The normalized spacial score (nSPS) is 20.1. The minimum absolute atomic E-state index is 0.0283. The molecule has 2 fully saturated rings. The number of carbonyl (C=O) groups is 3. The average Bonchev–Trinajstić information content (AvgIpc) is 2.87. The van der Waals surface area contributed by atoms with Crippen LogP contribution >= 0.6 is 0 Å². The molecule has 4 rings (SSSR count). The number of piperazine rings is 1. The molecular formula is C28H38N4O3. The molecule has 1 aliphatic carbocycles. The fourth-order valence-corrected chi connectivity index (χ4v) is 5.41. The predicted molar refractivity (Wildman–Crippen MR) is 139 cm³/mol. The number of nitrogens with zero attached hydrogens (tertiary/aromatic N) is 2. The first-order valence-electron chi connectivity index (χ1n) is 13.0. The predicted octanol–water partition coefficient (Wildman–Crippen LogP) is 4.63. The minimum atomic E-state index is -0.641. The van der Waals surface area contributed by atoms with Crippen molar-refractivity contribution in [3.05, 3.63) is 42.5 Å². The van der Waals surface area contributed by atoms with Crippen LogP contribution in [0.15, 0.2) is 42.5 Å². The summed E-state index contributed by atoms with van der Waals surface area (Å²) < 4.78 is 0. The molecule has 0 bridgehead atoms. The van der Waals surface area contributed by atoms with Crippen LogP contribution in [-0.2, 0) is 9.59 Å². The van der Waals surface area contributed by atoms with Crippen molar-refractivity contribution in [1.29, 1.82) is 0 Å². The van der Waals surface area contributed by atoms with Gasteiger partial charge in [-0.15, -0.1) is 0 Å². The molecule has 1 aliphatic heterocycles. The lowest BCUT2D eigenvalue weighted by molar-refractivity contribution is -0.147. The smallest absolute Gasteiger partial charge is 0.319 e. The second-order valence-corrected chi connectivity index (χ2v) is 10.3. The summed E-state index contributed by atoms with van der Waals surface area (Å²) in [7, 11) is 0. The summed E-state index contributed by atoms with van der Waals surface area (Å²) in [5.41, 5.74) is 0.707. The first kappa shape index (κ1) is 25.0. The standard InChI is InChI=1S/C28H38N4O3/c1-19(2)25(30-28(35)29-24-15-9-13-21-10-7-8-14-23(21)24)27(34)31-16-17-32(20(3)18-31)26(33)22-11-5-4-6-12-22/h7-10,13-15,19-20,22,25H,4-6,11-12,16-18H2,1-3H3,(H2,29,30,35). The highest BCUT2D eigenvalue weighted by molar-refractivity contribution is 6.02. The number of nitrogens with one attached hydrogen (secondary N) is 2. The van der Waals surface area contributed by atoms with Gasteiger partial charge in [0.1, 0.15) is 6.04 Å².